The molecule has 0 bridgehead atoms. The highest BCUT2D eigenvalue weighted by atomic mass is 16.5. The van der Waals surface area contributed by atoms with Gasteiger partial charge in [0.05, 0.1) is 25.0 Å². The van der Waals surface area contributed by atoms with Gasteiger partial charge in [-0.25, -0.2) is 0 Å². The van der Waals surface area contributed by atoms with E-state index in [0.717, 1.165) is 34.7 Å². The predicted molar refractivity (Wildman–Crippen MR) is 107 cm³/mol. The van der Waals surface area contributed by atoms with E-state index in [9.17, 15) is 4.79 Å². The fourth-order valence-electron chi connectivity index (χ4n) is 3.30. The van der Waals surface area contributed by atoms with Crippen molar-refractivity contribution in [1.29, 1.82) is 0 Å². The van der Waals surface area contributed by atoms with Gasteiger partial charge in [-0.05, 0) is 42.8 Å². The molecule has 4 rings (SSSR count). The van der Waals surface area contributed by atoms with Crippen LogP contribution in [0.1, 0.15) is 17.7 Å². The fourth-order valence-corrected chi connectivity index (χ4v) is 3.30. The van der Waals surface area contributed by atoms with E-state index >= 15 is 0 Å². The Morgan fingerprint density at radius 2 is 2.17 bits per heavy atom. The summed E-state index contributed by atoms with van der Waals surface area (Å²) < 4.78 is 12.8. The summed E-state index contributed by atoms with van der Waals surface area (Å²) in [4.78, 5) is 12.1. The highest BCUT2D eigenvalue weighted by Crippen LogP contribution is 2.32. The normalized spacial score (nSPS) is 14.9. The number of fused-ring (bicyclic) bond motifs is 1. The molecule has 0 aliphatic carbocycles. The Balaban J connectivity index is 1.30. The van der Waals surface area contributed by atoms with Crippen LogP contribution in [0.25, 0.3) is 11.3 Å². The largest absolute Gasteiger partial charge is 0.488 e. The summed E-state index contributed by atoms with van der Waals surface area (Å²) >= 11 is 0. The number of nitrogens with one attached hydrogen (secondary N) is 1. The maximum absolute atomic E-state index is 12.1. The first-order chi connectivity index (χ1) is 14.1. The van der Waals surface area contributed by atoms with E-state index in [1.807, 2.05) is 37.4 Å². The maximum atomic E-state index is 12.1. The molecule has 150 valence electrons. The van der Waals surface area contributed by atoms with E-state index in [1.165, 1.54) is 0 Å². The molecule has 0 radical (unpaired) electrons. The van der Waals surface area contributed by atoms with Gasteiger partial charge in [0.25, 0.3) is 0 Å². The van der Waals surface area contributed by atoms with Gasteiger partial charge >= 0.3 is 0 Å². The van der Waals surface area contributed by atoms with Crippen molar-refractivity contribution in [2.24, 2.45) is 0 Å². The molecule has 0 saturated heterocycles. The molecule has 1 N–H and O–H groups in total. The molecule has 1 atom stereocenters. The van der Waals surface area contributed by atoms with Crippen LogP contribution < -0.4 is 14.8 Å². The number of nitrogens with zero attached hydrogens (tertiary/aromatic N) is 4. The zero-order chi connectivity index (χ0) is 20.2. The van der Waals surface area contributed by atoms with Gasteiger partial charge in [-0.15, -0.1) is 10.2 Å². The lowest BCUT2D eigenvalue weighted by atomic mass is 10.0. The molecule has 29 heavy (non-hydrogen) atoms. The lowest BCUT2D eigenvalue weighted by Crippen LogP contribution is -2.34. The van der Waals surface area contributed by atoms with Crippen molar-refractivity contribution < 1.29 is 14.3 Å². The number of ether oxygens (including phenoxy) is 2. The van der Waals surface area contributed by atoms with Crippen molar-refractivity contribution in [3.63, 3.8) is 0 Å². The van der Waals surface area contributed by atoms with Gasteiger partial charge < -0.3 is 14.8 Å². The van der Waals surface area contributed by atoms with Crippen molar-refractivity contribution in [2.75, 3.05) is 13.7 Å². The van der Waals surface area contributed by atoms with Crippen molar-refractivity contribution in [1.82, 2.24) is 25.3 Å². The highest BCUT2D eigenvalue weighted by Gasteiger charge is 2.24. The van der Waals surface area contributed by atoms with Crippen molar-refractivity contribution >= 4 is 5.91 Å². The molecule has 1 aliphatic rings. The Hall–Kier alpha value is -3.42. The molecule has 8 nitrogen and oxygen atoms in total. The van der Waals surface area contributed by atoms with Crippen LogP contribution >= 0.6 is 0 Å². The van der Waals surface area contributed by atoms with E-state index in [1.54, 1.807) is 17.9 Å². The van der Waals surface area contributed by atoms with Gasteiger partial charge in [0, 0.05) is 37.2 Å². The smallest absolute Gasteiger partial charge is 0.233 e. The molecule has 3 heterocycles. The third-order valence-corrected chi connectivity index (χ3v) is 4.82. The van der Waals surface area contributed by atoms with Gasteiger partial charge in [-0.3, -0.25) is 9.48 Å². The summed E-state index contributed by atoms with van der Waals surface area (Å²) in [6.45, 7) is 2.97. The molecule has 1 aliphatic heterocycles. The Kier molecular flexibility index (Phi) is 5.41. The number of rotatable bonds is 7. The van der Waals surface area contributed by atoms with Crippen LogP contribution in [-0.4, -0.2) is 45.6 Å². The van der Waals surface area contributed by atoms with Crippen LogP contribution in [-0.2, 0) is 17.8 Å². The molecule has 3 aromatic rings. The minimum absolute atomic E-state index is 0.00749. The number of methoxy groups -OCH3 is 1. The zero-order valence-electron chi connectivity index (χ0n) is 16.5. The maximum Gasteiger partial charge on any atom is 0.233 e. The molecule has 1 aromatic carbocycles. The lowest BCUT2D eigenvalue weighted by Gasteiger charge is -2.12. The van der Waals surface area contributed by atoms with E-state index in [2.05, 4.69) is 26.7 Å². The summed E-state index contributed by atoms with van der Waals surface area (Å²) in [6.07, 6.45) is 2.94. The van der Waals surface area contributed by atoms with Crippen LogP contribution in [0.15, 0.2) is 42.6 Å². The van der Waals surface area contributed by atoms with Crippen LogP contribution in [0.5, 0.6) is 11.6 Å². The van der Waals surface area contributed by atoms with E-state index in [4.69, 9.17) is 9.47 Å². The third kappa shape index (κ3) is 4.53. The second kappa shape index (κ2) is 8.30. The second-order valence-electron chi connectivity index (χ2n) is 7.00. The number of hydrogen-bond donors (Lipinski definition) is 1. The van der Waals surface area contributed by atoms with Gasteiger partial charge in [0.2, 0.25) is 11.8 Å². The first-order valence-corrected chi connectivity index (χ1v) is 9.55. The molecule has 1 amide bonds. The number of hydrogen-bond acceptors (Lipinski definition) is 6. The molecule has 0 saturated carbocycles. The highest BCUT2D eigenvalue weighted by molar-refractivity contribution is 5.75. The topological polar surface area (TPSA) is 91.2 Å². The van der Waals surface area contributed by atoms with Crippen LogP contribution in [0, 0.1) is 6.92 Å². The Bertz CT molecular complexity index is 1000. The first kappa shape index (κ1) is 18.9. The molecular formula is C21H23N5O3. The molecule has 8 heteroatoms. The lowest BCUT2D eigenvalue weighted by molar-refractivity contribution is -0.121. The summed E-state index contributed by atoms with van der Waals surface area (Å²) in [7, 11) is 1.56. The molecule has 0 fully saturated rings. The van der Waals surface area contributed by atoms with Crippen LogP contribution in [0.4, 0.5) is 0 Å². The van der Waals surface area contributed by atoms with Gasteiger partial charge in [0.1, 0.15) is 11.9 Å². The molecule has 1 unspecified atom stereocenters. The van der Waals surface area contributed by atoms with Crippen molar-refractivity contribution in [3.05, 3.63) is 53.9 Å². The number of carbonyl (C=O) groups excluding carboxylic acids is 1. The Labute approximate surface area is 168 Å². The number of carbonyl (C=O) groups is 1. The monoisotopic (exact) mass is 393 g/mol. The predicted octanol–water partition coefficient (Wildman–Crippen LogP) is 2.17. The SMILES string of the molecule is COc1ccc(-c2ccc3c(c2)CC(CNC(=O)CCn2ccc(C)n2)O3)nn1. The van der Waals surface area contributed by atoms with Gasteiger partial charge in [-0.2, -0.15) is 5.10 Å². The fraction of sp³-hybridized carbons (Fsp3) is 0.333. The minimum atomic E-state index is -0.0712. The summed E-state index contributed by atoms with van der Waals surface area (Å²) in [6, 6.07) is 11.6. The number of benzene rings is 1. The van der Waals surface area contributed by atoms with Crippen molar-refractivity contribution in [2.45, 2.75) is 32.4 Å². The third-order valence-electron chi connectivity index (χ3n) is 4.82. The average Bonchev–Trinajstić information content (AvgIpc) is 3.35. The average molecular weight is 393 g/mol. The molecular weight excluding hydrogens is 370 g/mol. The Morgan fingerprint density at radius 3 is 2.90 bits per heavy atom. The van der Waals surface area contributed by atoms with Gasteiger partial charge in [0.15, 0.2) is 0 Å². The Morgan fingerprint density at radius 1 is 1.28 bits per heavy atom. The van der Waals surface area contributed by atoms with E-state index in [-0.39, 0.29) is 12.0 Å². The van der Waals surface area contributed by atoms with E-state index in [0.29, 0.717) is 25.4 Å². The van der Waals surface area contributed by atoms with Crippen LogP contribution in [0.3, 0.4) is 0 Å². The van der Waals surface area contributed by atoms with Gasteiger partial charge in [-0.1, -0.05) is 0 Å². The first-order valence-electron chi connectivity index (χ1n) is 9.55. The quantitative estimate of drug-likeness (QED) is 0.662. The summed E-state index contributed by atoms with van der Waals surface area (Å²) in [5, 5.41) is 15.4. The summed E-state index contributed by atoms with van der Waals surface area (Å²) in [5.41, 5.74) is 3.80. The van der Waals surface area contributed by atoms with Crippen LogP contribution in [0.2, 0.25) is 0 Å². The second-order valence-corrected chi connectivity index (χ2v) is 7.00. The summed E-state index contributed by atoms with van der Waals surface area (Å²) in [5.74, 6) is 1.32. The number of aromatic nitrogens is 4. The minimum Gasteiger partial charge on any atom is -0.488 e. The van der Waals surface area contributed by atoms with Crippen molar-refractivity contribution in [3.8, 4) is 22.9 Å². The molecule has 2 aromatic heterocycles. The van der Waals surface area contributed by atoms with E-state index < -0.39 is 0 Å². The number of aryl methyl sites for hydroxylation is 2. The zero-order valence-corrected chi connectivity index (χ0v) is 16.5. The standard InChI is InChI=1S/C21H23N5O3/c1-14-7-9-26(25-14)10-8-20(27)22-13-17-12-16-11-15(3-5-19(16)29-17)18-4-6-21(28-2)24-23-18/h3-7,9,11,17H,8,10,12-13H2,1-2H3,(H,22,27). The molecule has 0 spiro atoms. The number of amides is 1.